The van der Waals surface area contributed by atoms with Gasteiger partial charge in [-0.25, -0.2) is 0 Å². The smallest absolute Gasteiger partial charge is 0.223 e. The molecule has 0 saturated carbocycles. The van der Waals surface area contributed by atoms with Crippen molar-refractivity contribution in [2.24, 2.45) is 0 Å². The van der Waals surface area contributed by atoms with E-state index in [1.165, 1.54) is 11.1 Å². The molecule has 0 N–H and O–H groups in total. The van der Waals surface area contributed by atoms with Gasteiger partial charge in [0.1, 0.15) is 18.5 Å². The number of ether oxygens (including phenoxy) is 2. The van der Waals surface area contributed by atoms with Gasteiger partial charge in [0, 0.05) is 42.0 Å². The minimum Gasteiger partial charge on any atom is -0.491 e. The third-order valence-electron chi connectivity index (χ3n) is 5.80. The summed E-state index contributed by atoms with van der Waals surface area (Å²) in [6.07, 6.45) is 1.68. The molecule has 1 heterocycles. The van der Waals surface area contributed by atoms with Gasteiger partial charge in [-0.05, 0) is 25.0 Å². The second kappa shape index (κ2) is 10.3. The minimum atomic E-state index is -0.147. The van der Waals surface area contributed by atoms with E-state index in [0.717, 1.165) is 34.8 Å². The first-order valence-electron chi connectivity index (χ1n) is 10.9. The number of thioether (sulfide) groups is 1. The van der Waals surface area contributed by atoms with Crippen LogP contribution in [0.2, 0.25) is 0 Å². The Morgan fingerprint density at radius 3 is 2.87 bits per heavy atom. The number of carbonyl (C=O) groups excluding carboxylic acids is 2. The number of Topliss-reactive ketones (excluding diaryl/α,β-unsaturated/α-hetero) is 1. The topological polar surface area (TPSA) is 55.8 Å². The average Bonchev–Trinajstić information content (AvgIpc) is 3.18. The highest BCUT2D eigenvalue weighted by atomic mass is 32.2. The molecular weight excluding hydrogens is 410 g/mol. The molecular formula is C25H29NO4S. The number of amides is 1. The zero-order chi connectivity index (χ0) is 21.6. The van der Waals surface area contributed by atoms with E-state index in [1.54, 1.807) is 11.8 Å². The fourth-order valence-electron chi connectivity index (χ4n) is 4.01. The Morgan fingerprint density at radius 2 is 2.03 bits per heavy atom. The molecule has 1 amide bonds. The predicted octanol–water partition coefficient (Wildman–Crippen LogP) is 4.05. The van der Waals surface area contributed by atoms with Crippen LogP contribution in [0.3, 0.4) is 0 Å². The third-order valence-corrected chi connectivity index (χ3v) is 6.83. The summed E-state index contributed by atoms with van der Waals surface area (Å²) in [5.74, 6) is 2.87. The highest BCUT2D eigenvalue weighted by Gasteiger charge is 2.26. The summed E-state index contributed by atoms with van der Waals surface area (Å²) in [5, 5.41) is 0. The third kappa shape index (κ3) is 5.69. The number of ketones is 1. The largest absolute Gasteiger partial charge is 0.491 e. The van der Waals surface area contributed by atoms with Crippen molar-refractivity contribution in [2.75, 3.05) is 32.1 Å². The summed E-state index contributed by atoms with van der Waals surface area (Å²) < 4.78 is 11.8. The predicted molar refractivity (Wildman–Crippen MR) is 123 cm³/mol. The summed E-state index contributed by atoms with van der Waals surface area (Å²) in [7, 11) is 0. The molecule has 0 aromatic heterocycles. The summed E-state index contributed by atoms with van der Waals surface area (Å²) in [5.41, 5.74) is 4.34. The lowest BCUT2D eigenvalue weighted by Crippen LogP contribution is -2.47. The molecule has 2 aromatic rings. The van der Waals surface area contributed by atoms with Crippen LogP contribution in [0.25, 0.3) is 0 Å². The lowest BCUT2D eigenvalue weighted by atomic mass is 10.1. The Labute approximate surface area is 188 Å². The van der Waals surface area contributed by atoms with E-state index < -0.39 is 0 Å². The first-order valence-corrected chi connectivity index (χ1v) is 12.1. The molecule has 4 rings (SSSR count). The van der Waals surface area contributed by atoms with E-state index in [-0.39, 0.29) is 17.8 Å². The van der Waals surface area contributed by atoms with Crippen molar-refractivity contribution in [3.8, 4) is 5.75 Å². The van der Waals surface area contributed by atoms with Gasteiger partial charge < -0.3 is 14.4 Å². The van der Waals surface area contributed by atoms with Crippen molar-refractivity contribution >= 4 is 23.5 Å². The molecule has 0 bridgehead atoms. The van der Waals surface area contributed by atoms with Gasteiger partial charge >= 0.3 is 0 Å². The number of morpholine rings is 1. The minimum absolute atomic E-state index is 0.147. The molecule has 31 heavy (non-hydrogen) atoms. The van der Waals surface area contributed by atoms with Gasteiger partial charge in [0.05, 0.1) is 13.2 Å². The molecule has 164 valence electrons. The molecule has 1 unspecified atom stereocenters. The van der Waals surface area contributed by atoms with Crippen LogP contribution < -0.4 is 4.74 Å². The van der Waals surface area contributed by atoms with Crippen molar-refractivity contribution in [3.05, 3.63) is 64.7 Å². The van der Waals surface area contributed by atoms with E-state index in [0.29, 0.717) is 39.1 Å². The SMILES string of the molecule is Cc1ccc(CSCCC(=O)N2CCOC(COc3cccc4c3CCC4=O)C2)cc1. The van der Waals surface area contributed by atoms with Crippen molar-refractivity contribution < 1.29 is 19.1 Å². The summed E-state index contributed by atoms with van der Waals surface area (Å²) in [6.45, 7) is 4.18. The van der Waals surface area contributed by atoms with Gasteiger partial charge in [-0.15, -0.1) is 0 Å². The van der Waals surface area contributed by atoms with Crippen LogP contribution in [0.1, 0.15) is 39.9 Å². The molecule has 0 radical (unpaired) electrons. The van der Waals surface area contributed by atoms with E-state index in [4.69, 9.17) is 9.47 Å². The Balaban J connectivity index is 1.21. The standard InChI is InChI=1S/C25H29NO4S/c1-18-5-7-19(8-6-18)17-31-14-11-25(28)26-12-13-29-20(15-26)16-30-24-4-2-3-21-22(24)9-10-23(21)27/h2-8,20H,9-17H2,1H3. The van der Waals surface area contributed by atoms with Crippen molar-refractivity contribution in [1.29, 1.82) is 0 Å². The molecule has 0 spiro atoms. The molecule has 6 heteroatoms. The van der Waals surface area contributed by atoms with Gasteiger partial charge in [-0.1, -0.05) is 42.0 Å². The molecule has 2 aliphatic rings. The summed E-state index contributed by atoms with van der Waals surface area (Å²) >= 11 is 1.79. The molecule has 5 nitrogen and oxygen atoms in total. The molecule has 2 aromatic carbocycles. The van der Waals surface area contributed by atoms with Crippen LogP contribution in [0.4, 0.5) is 0 Å². The summed E-state index contributed by atoms with van der Waals surface area (Å²) in [4.78, 5) is 26.5. The van der Waals surface area contributed by atoms with E-state index in [1.807, 2.05) is 23.1 Å². The number of benzene rings is 2. The maximum atomic E-state index is 12.6. The zero-order valence-electron chi connectivity index (χ0n) is 18.0. The number of hydrogen-bond acceptors (Lipinski definition) is 5. The van der Waals surface area contributed by atoms with E-state index in [2.05, 4.69) is 31.2 Å². The van der Waals surface area contributed by atoms with Crippen LogP contribution >= 0.6 is 11.8 Å². The quantitative estimate of drug-likeness (QED) is 0.581. The van der Waals surface area contributed by atoms with Gasteiger partial charge in [0.15, 0.2) is 5.78 Å². The van der Waals surface area contributed by atoms with Crippen molar-refractivity contribution in [3.63, 3.8) is 0 Å². The van der Waals surface area contributed by atoms with Crippen LogP contribution in [0.15, 0.2) is 42.5 Å². The molecule has 1 aliphatic carbocycles. The van der Waals surface area contributed by atoms with Crippen molar-refractivity contribution in [2.45, 2.75) is 38.0 Å². The monoisotopic (exact) mass is 439 g/mol. The average molecular weight is 440 g/mol. The highest BCUT2D eigenvalue weighted by Crippen LogP contribution is 2.30. The molecule has 1 saturated heterocycles. The number of rotatable bonds is 8. The Kier molecular flexibility index (Phi) is 7.30. The van der Waals surface area contributed by atoms with Crippen molar-refractivity contribution in [1.82, 2.24) is 4.90 Å². The summed E-state index contributed by atoms with van der Waals surface area (Å²) in [6, 6.07) is 14.2. The van der Waals surface area contributed by atoms with Gasteiger partial charge in [-0.2, -0.15) is 11.8 Å². The molecule has 1 atom stereocenters. The lowest BCUT2D eigenvalue weighted by molar-refractivity contribution is -0.139. The Morgan fingerprint density at radius 1 is 1.19 bits per heavy atom. The maximum Gasteiger partial charge on any atom is 0.223 e. The first-order chi connectivity index (χ1) is 15.1. The molecule has 1 aliphatic heterocycles. The van der Waals surface area contributed by atoms with Crippen LogP contribution in [-0.4, -0.2) is 54.8 Å². The fraction of sp³-hybridized carbons (Fsp3) is 0.440. The number of fused-ring (bicyclic) bond motifs is 1. The van der Waals surface area contributed by atoms with Gasteiger partial charge in [0.2, 0.25) is 5.91 Å². The van der Waals surface area contributed by atoms with Crippen LogP contribution in [0, 0.1) is 6.92 Å². The normalized spacial score (nSPS) is 18.2. The van der Waals surface area contributed by atoms with E-state index in [9.17, 15) is 9.59 Å². The zero-order valence-corrected chi connectivity index (χ0v) is 18.8. The lowest BCUT2D eigenvalue weighted by Gasteiger charge is -2.33. The first kappa shape index (κ1) is 21.9. The number of aryl methyl sites for hydroxylation is 1. The van der Waals surface area contributed by atoms with Gasteiger partial charge in [-0.3, -0.25) is 9.59 Å². The van der Waals surface area contributed by atoms with E-state index >= 15 is 0 Å². The number of hydrogen-bond donors (Lipinski definition) is 0. The highest BCUT2D eigenvalue weighted by molar-refractivity contribution is 7.98. The Hall–Kier alpha value is -2.31. The number of carbonyl (C=O) groups is 2. The second-order valence-electron chi connectivity index (χ2n) is 8.14. The fourth-order valence-corrected chi connectivity index (χ4v) is 4.91. The van der Waals surface area contributed by atoms with Gasteiger partial charge in [0.25, 0.3) is 0 Å². The van der Waals surface area contributed by atoms with Crippen LogP contribution in [0.5, 0.6) is 5.75 Å². The second-order valence-corrected chi connectivity index (χ2v) is 9.24. The molecule has 1 fully saturated rings. The van der Waals surface area contributed by atoms with Crippen LogP contribution in [-0.2, 0) is 21.7 Å². The maximum absolute atomic E-state index is 12.6. The Bertz CT molecular complexity index is 928. The number of nitrogens with zero attached hydrogens (tertiary/aromatic N) is 1.